The maximum Gasteiger partial charge on any atom is 0.206 e. The monoisotopic (exact) mass is 273 g/mol. The van der Waals surface area contributed by atoms with E-state index in [1.54, 1.807) is 24.3 Å². The van der Waals surface area contributed by atoms with E-state index in [4.69, 9.17) is 5.41 Å². The molecular weight excluding hydrogens is 258 g/mol. The number of benzene rings is 2. The highest BCUT2D eigenvalue weighted by atomic mass is 32.2. The van der Waals surface area contributed by atoms with E-state index in [1.165, 1.54) is 18.3 Å². The second-order valence-corrected chi connectivity index (χ2v) is 6.16. The predicted molar refractivity (Wildman–Crippen MR) is 75.6 cm³/mol. The third-order valence-electron chi connectivity index (χ3n) is 3.00. The number of nitrogens with one attached hydrogen (secondary N) is 1. The largest absolute Gasteiger partial charge is 0.308 e. The number of rotatable bonds is 4. The van der Waals surface area contributed by atoms with Crippen molar-refractivity contribution >= 4 is 16.1 Å². The van der Waals surface area contributed by atoms with Crippen molar-refractivity contribution < 1.29 is 8.42 Å². The van der Waals surface area contributed by atoms with Gasteiger partial charge in [0.15, 0.2) is 0 Å². The van der Waals surface area contributed by atoms with Gasteiger partial charge < -0.3 is 5.41 Å². The van der Waals surface area contributed by atoms with E-state index in [0.717, 1.165) is 12.0 Å². The Balaban J connectivity index is 2.42. The molecule has 0 aliphatic rings. The topological polar surface area (TPSA) is 58.0 Å². The van der Waals surface area contributed by atoms with Gasteiger partial charge in [-0.2, -0.15) is 0 Å². The third-order valence-corrected chi connectivity index (χ3v) is 4.78. The minimum atomic E-state index is -3.46. The molecule has 1 N–H and O–H groups in total. The molecule has 0 atom stereocenters. The molecule has 4 heteroatoms. The number of sulfone groups is 1. The maximum atomic E-state index is 12.4. The molecule has 0 aliphatic carbocycles. The fraction of sp³-hybridized carbons (Fsp3) is 0.133. The molecule has 0 saturated heterocycles. The molecular formula is C15H15NO2S. The van der Waals surface area contributed by atoms with Gasteiger partial charge in [0.25, 0.3) is 0 Å². The SMILES string of the molecule is CCc1ccc(S(=O)(=O)c2ccc(C=N)cc2)cc1. The molecule has 0 unspecified atom stereocenters. The predicted octanol–water partition coefficient (Wildman–Crippen LogP) is 3.08. The Labute approximate surface area is 113 Å². The number of aryl methyl sites for hydroxylation is 1. The van der Waals surface area contributed by atoms with Crippen LogP contribution in [0, 0.1) is 5.41 Å². The summed E-state index contributed by atoms with van der Waals surface area (Å²) in [6.45, 7) is 2.03. The van der Waals surface area contributed by atoms with Crippen molar-refractivity contribution in [3.05, 3.63) is 59.7 Å². The van der Waals surface area contributed by atoms with Gasteiger partial charge in [-0.3, -0.25) is 0 Å². The van der Waals surface area contributed by atoms with Gasteiger partial charge in [0, 0.05) is 6.21 Å². The molecule has 0 spiro atoms. The first kappa shape index (κ1) is 13.5. The van der Waals surface area contributed by atoms with E-state index < -0.39 is 9.84 Å². The van der Waals surface area contributed by atoms with Crippen molar-refractivity contribution in [3.63, 3.8) is 0 Å². The molecule has 0 amide bonds. The molecule has 98 valence electrons. The Morgan fingerprint density at radius 3 is 1.84 bits per heavy atom. The Morgan fingerprint density at radius 1 is 0.947 bits per heavy atom. The third kappa shape index (κ3) is 2.74. The summed E-state index contributed by atoms with van der Waals surface area (Å²) < 4.78 is 24.8. The lowest BCUT2D eigenvalue weighted by atomic mass is 10.2. The lowest BCUT2D eigenvalue weighted by Crippen LogP contribution is -2.02. The molecule has 0 aliphatic heterocycles. The van der Waals surface area contributed by atoms with Gasteiger partial charge in [-0.15, -0.1) is 0 Å². The first-order valence-corrected chi connectivity index (χ1v) is 7.51. The van der Waals surface area contributed by atoms with Gasteiger partial charge in [0.2, 0.25) is 9.84 Å². The van der Waals surface area contributed by atoms with Gasteiger partial charge in [-0.25, -0.2) is 8.42 Å². The van der Waals surface area contributed by atoms with Crippen LogP contribution in [0.5, 0.6) is 0 Å². The summed E-state index contributed by atoms with van der Waals surface area (Å²) in [4.78, 5) is 0.551. The van der Waals surface area contributed by atoms with Crippen molar-refractivity contribution in [3.8, 4) is 0 Å². The van der Waals surface area contributed by atoms with Gasteiger partial charge in [-0.1, -0.05) is 31.2 Å². The minimum absolute atomic E-state index is 0.252. The Kier molecular flexibility index (Phi) is 3.81. The lowest BCUT2D eigenvalue weighted by molar-refractivity contribution is 0.596. The van der Waals surface area contributed by atoms with Crippen LogP contribution >= 0.6 is 0 Å². The number of hydrogen-bond donors (Lipinski definition) is 1. The van der Waals surface area contributed by atoms with Crippen molar-refractivity contribution in [1.29, 1.82) is 5.41 Å². The second-order valence-electron chi connectivity index (χ2n) is 4.21. The van der Waals surface area contributed by atoms with Crippen LogP contribution in [-0.2, 0) is 16.3 Å². The minimum Gasteiger partial charge on any atom is -0.308 e. The molecule has 0 fully saturated rings. The normalized spacial score (nSPS) is 11.2. The molecule has 0 aromatic heterocycles. The first-order valence-electron chi connectivity index (χ1n) is 6.02. The van der Waals surface area contributed by atoms with Crippen LogP contribution < -0.4 is 0 Å². The van der Waals surface area contributed by atoms with Gasteiger partial charge in [0.05, 0.1) is 9.79 Å². The zero-order valence-electron chi connectivity index (χ0n) is 10.6. The van der Waals surface area contributed by atoms with Crippen molar-refractivity contribution in [2.24, 2.45) is 0 Å². The van der Waals surface area contributed by atoms with Crippen LogP contribution in [0.1, 0.15) is 18.1 Å². The Bertz CT molecular complexity index is 671. The summed E-state index contributed by atoms with van der Waals surface area (Å²) in [5.74, 6) is 0. The van der Waals surface area contributed by atoms with Gasteiger partial charge in [-0.05, 0) is 41.8 Å². The number of hydrogen-bond acceptors (Lipinski definition) is 3. The fourth-order valence-electron chi connectivity index (χ4n) is 1.78. The Morgan fingerprint density at radius 2 is 1.42 bits per heavy atom. The van der Waals surface area contributed by atoms with Crippen LogP contribution in [0.4, 0.5) is 0 Å². The molecule has 2 aromatic carbocycles. The smallest absolute Gasteiger partial charge is 0.206 e. The molecule has 0 saturated carbocycles. The summed E-state index contributed by atoms with van der Waals surface area (Å²) >= 11 is 0. The van der Waals surface area contributed by atoms with E-state index in [2.05, 4.69) is 0 Å². The highest BCUT2D eigenvalue weighted by Crippen LogP contribution is 2.21. The van der Waals surface area contributed by atoms with Crippen molar-refractivity contribution in [2.45, 2.75) is 23.1 Å². The molecule has 3 nitrogen and oxygen atoms in total. The highest BCUT2D eigenvalue weighted by Gasteiger charge is 2.16. The van der Waals surface area contributed by atoms with E-state index in [1.807, 2.05) is 19.1 Å². The van der Waals surface area contributed by atoms with Crippen LogP contribution in [0.3, 0.4) is 0 Å². The van der Waals surface area contributed by atoms with Crippen molar-refractivity contribution in [2.75, 3.05) is 0 Å². The summed E-state index contributed by atoms with van der Waals surface area (Å²) in [7, 11) is -3.46. The molecule has 19 heavy (non-hydrogen) atoms. The van der Waals surface area contributed by atoms with Gasteiger partial charge >= 0.3 is 0 Å². The van der Waals surface area contributed by atoms with Crippen LogP contribution in [0.25, 0.3) is 0 Å². The standard InChI is InChI=1S/C15H15NO2S/c1-2-12-3-7-14(8-4-12)19(17,18)15-9-5-13(11-16)6-10-15/h3-11,16H,2H2,1H3. The molecule has 2 aromatic rings. The van der Waals surface area contributed by atoms with E-state index >= 15 is 0 Å². The highest BCUT2D eigenvalue weighted by molar-refractivity contribution is 7.91. The molecule has 0 radical (unpaired) electrons. The summed E-state index contributed by atoms with van der Waals surface area (Å²) in [5, 5.41) is 7.10. The zero-order chi connectivity index (χ0) is 13.9. The average Bonchev–Trinajstić information content (AvgIpc) is 2.47. The van der Waals surface area contributed by atoms with Crippen LogP contribution in [0.15, 0.2) is 58.3 Å². The van der Waals surface area contributed by atoms with Crippen molar-refractivity contribution in [1.82, 2.24) is 0 Å². The molecule has 2 rings (SSSR count). The second kappa shape index (κ2) is 5.36. The quantitative estimate of drug-likeness (QED) is 0.870. The summed E-state index contributed by atoms with van der Waals surface area (Å²) in [5.41, 5.74) is 1.79. The molecule has 0 bridgehead atoms. The van der Waals surface area contributed by atoms with Crippen LogP contribution in [0.2, 0.25) is 0 Å². The summed E-state index contributed by atoms with van der Waals surface area (Å²) in [6.07, 6.45) is 2.07. The first-order chi connectivity index (χ1) is 9.07. The van der Waals surface area contributed by atoms with Gasteiger partial charge in [0.1, 0.15) is 0 Å². The van der Waals surface area contributed by atoms with E-state index in [0.29, 0.717) is 10.5 Å². The zero-order valence-corrected chi connectivity index (χ0v) is 11.4. The average molecular weight is 273 g/mol. The summed E-state index contributed by atoms with van der Waals surface area (Å²) in [6, 6.07) is 13.3. The lowest BCUT2D eigenvalue weighted by Gasteiger charge is -2.05. The maximum absolute atomic E-state index is 12.4. The molecule has 0 heterocycles. The fourth-order valence-corrected chi connectivity index (χ4v) is 3.04. The Hall–Kier alpha value is -1.94. The van der Waals surface area contributed by atoms with E-state index in [-0.39, 0.29) is 4.90 Å². The van der Waals surface area contributed by atoms with Crippen LogP contribution in [-0.4, -0.2) is 14.6 Å². The van der Waals surface area contributed by atoms with E-state index in [9.17, 15) is 8.42 Å².